The Morgan fingerprint density at radius 1 is 1.23 bits per heavy atom. The first-order valence-corrected chi connectivity index (χ1v) is 4.26. The molecule has 0 aliphatic heterocycles. The highest BCUT2D eigenvalue weighted by Crippen LogP contribution is 2.12. The maximum Gasteiger partial charge on any atom is 0.446 e. The normalized spacial score (nSPS) is 10.3. The van der Waals surface area contributed by atoms with Crippen LogP contribution in [0.3, 0.4) is 0 Å². The van der Waals surface area contributed by atoms with Crippen LogP contribution in [0.15, 0.2) is 24.3 Å². The van der Waals surface area contributed by atoms with Crippen molar-refractivity contribution in [1.29, 1.82) is 0 Å². The van der Waals surface area contributed by atoms with E-state index in [1.807, 2.05) is 0 Å². The summed E-state index contributed by atoms with van der Waals surface area (Å²) < 4.78 is 44.7. The van der Waals surface area contributed by atoms with Gasteiger partial charge in [0.2, 0.25) is 0 Å². The van der Waals surface area contributed by atoms with E-state index >= 15 is 0 Å². The van der Waals surface area contributed by atoms with Crippen molar-refractivity contribution in [3.63, 3.8) is 0 Å². The van der Waals surface area contributed by atoms with Gasteiger partial charge in [-0.1, -0.05) is 0 Å². The molecule has 0 spiro atoms. The predicted molar refractivity (Wildman–Crippen MR) is 47.1 cm³/mol. The fraction of sp³-hybridized carbons (Fsp3) is 0. The molecular weight excluding hydrogens is 211 g/mol. The fourth-order valence-electron chi connectivity index (χ4n) is 0.612. The molecule has 0 saturated carbocycles. The Bertz CT molecular complexity index is 361. The third-order valence-electron chi connectivity index (χ3n) is 1.02. The molecule has 0 bridgehead atoms. The van der Waals surface area contributed by atoms with E-state index in [1.165, 1.54) is 0 Å². The van der Waals surface area contributed by atoms with Crippen molar-refractivity contribution in [2.45, 2.75) is 0 Å². The molecule has 1 aromatic rings. The Balaban J connectivity index is 0.00000144. The highest BCUT2D eigenvalue weighted by Gasteiger charge is 2.05. The maximum atomic E-state index is 12.3. The number of rotatable bonds is 2. The molecule has 1 rings (SSSR count). The minimum absolute atomic E-state index is 0. The molecule has 0 aliphatic carbocycles. The zero-order chi connectivity index (χ0) is 9.19. The van der Waals surface area contributed by atoms with E-state index in [0.29, 0.717) is 0 Å². The number of halogens is 1. The highest BCUT2D eigenvalue weighted by molar-refractivity contribution is 7.81. The smallest absolute Gasteiger partial charge is 0.362 e. The third-order valence-corrected chi connectivity index (χ3v) is 1.42. The quantitative estimate of drug-likeness (QED) is 0.565. The summed E-state index contributed by atoms with van der Waals surface area (Å²) in [6.45, 7) is 0. The van der Waals surface area contributed by atoms with Crippen LogP contribution in [0, 0.1) is 5.82 Å². The van der Waals surface area contributed by atoms with Crippen LogP contribution >= 0.6 is 0 Å². The monoisotopic (exact) mass is 218 g/mol. The van der Waals surface area contributed by atoms with Gasteiger partial charge in [-0.25, -0.2) is 4.39 Å². The van der Waals surface area contributed by atoms with Crippen LogP contribution in [0.4, 0.5) is 4.39 Å². The van der Waals surface area contributed by atoms with Crippen LogP contribution in [0.1, 0.15) is 0 Å². The van der Waals surface area contributed by atoms with E-state index in [0.717, 1.165) is 24.3 Å². The minimum atomic E-state index is -4.51. The Labute approximate surface area is 90.8 Å². The zero-order valence-electron chi connectivity index (χ0n) is 5.77. The number of hydrogen-bond acceptors (Lipinski definition) is 3. The Hall–Kier alpha value is -0.374. The molecule has 0 heterocycles. The predicted octanol–water partition coefficient (Wildman–Crippen LogP) is 0.0911. The van der Waals surface area contributed by atoms with Gasteiger partial charge in [0, 0.05) is 0 Å². The van der Waals surface area contributed by atoms with Gasteiger partial charge in [0.15, 0.2) is 0 Å². The molecule has 7 heteroatoms. The molecule has 1 N–H and O–H groups in total. The highest BCUT2D eigenvalue weighted by atomic mass is 32.3. The summed E-state index contributed by atoms with van der Waals surface area (Å²) in [4.78, 5) is 0. The van der Waals surface area contributed by atoms with Crippen molar-refractivity contribution in [1.82, 2.24) is 0 Å². The van der Waals surface area contributed by atoms with E-state index in [4.69, 9.17) is 4.55 Å². The van der Waals surface area contributed by atoms with Gasteiger partial charge in [0.05, 0.1) is 0 Å². The summed E-state index contributed by atoms with van der Waals surface area (Å²) >= 11 is 0. The molecule has 0 aromatic heterocycles. The second-order valence-corrected chi connectivity index (χ2v) is 2.99. The lowest BCUT2D eigenvalue weighted by Gasteiger charge is -1.99. The lowest BCUT2D eigenvalue weighted by Crippen LogP contribution is -2.06. The van der Waals surface area contributed by atoms with Crippen LogP contribution < -0.4 is 4.18 Å². The molecule has 70 valence electrons. The zero-order valence-corrected chi connectivity index (χ0v) is 6.58. The van der Waals surface area contributed by atoms with Crippen LogP contribution in [0.25, 0.3) is 0 Å². The van der Waals surface area contributed by atoms with Gasteiger partial charge in [-0.3, -0.25) is 4.55 Å². The fourth-order valence-corrected chi connectivity index (χ4v) is 0.966. The summed E-state index contributed by atoms with van der Waals surface area (Å²) in [6, 6.07) is 4.20. The van der Waals surface area contributed by atoms with Crippen molar-refractivity contribution >= 4 is 33.5 Å². The molecule has 0 atom stereocenters. The van der Waals surface area contributed by atoms with Crippen molar-refractivity contribution in [2.75, 3.05) is 0 Å². The van der Waals surface area contributed by atoms with E-state index in [2.05, 4.69) is 4.18 Å². The van der Waals surface area contributed by atoms with Crippen molar-refractivity contribution in [3.05, 3.63) is 30.1 Å². The first-order valence-electron chi connectivity index (χ1n) is 2.90. The first-order chi connectivity index (χ1) is 5.47. The Morgan fingerprint density at radius 3 is 2.08 bits per heavy atom. The summed E-state index contributed by atoms with van der Waals surface area (Å²) in [6.07, 6.45) is 0. The molecule has 0 fully saturated rings. The average Bonchev–Trinajstić information content (AvgIpc) is 1.91. The third kappa shape index (κ3) is 5.04. The van der Waals surface area contributed by atoms with Crippen molar-refractivity contribution < 1.29 is 21.5 Å². The summed E-state index contributed by atoms with van der Waals surface area (Å²) in [5.41, 5.74) is 0. The summed E-state index contributed by atoms with van der Waals surface area (Å²) in [7, 11) is -4.51. The largest absolute Gasteiger partial charge is 0.446 e. The van der Waals surface area contributed by atoms with Gasteiger partial charge in [-0.2, -0.15) is 8.42 Å². The lowest BCUT2D eigenvalue weighted by molar-refractivity contribution is 0.386. The molecule has 1 aromatic carbocycles. The van der Waals surface area contributed by atoms with E-state index in [9.17, 15) is 12.8 Å². The van der Waals surface area contributed by atoms with Crippen LogP contribution in [0.5, 0.6) is 5.75 Å². The number of hydrogen-bond donors (Lipinski definition) is 1. The summed E-state index contributed by atoms with van der Waals surface area (Å²) in [5, 5.41) is 0. The SMILES string of the molecule is O=S(=O)(O)Oc1ccc(F)cc1.[MgH2]. The van der Waals surface area contributed by atoms with Crippen molar-refractivity contribution in [3.8, 4) is 5.75 Å². The van der Waals surface area contributed by atoms with Gasteiger partial charge in [-0.05, 0) is 24.3 Å². The van der Waals surface area contributed by atoms with Gasteiger partial charge in [0.25, 0.3) is 0 Å². The Kier molecular flexibility index (Phi) is 4.61. The second kappa shape index (κ2) is 4.75. The molecular formula is C6H7FMgO4S. The van der Waals surface area contributed by atoms with Crippen molar-refractivity contribution in [2.24, 2.45) is 0 Å². The first kappa shape index (κ1) is 12.6. The molecule has 4 nitrogen and oxygen atoms in total. The topological polar surface area (TPSA) is 63.6 Å². The van der Waals surface area contributed by atoms with Crippen LogP contribution in [-0.2, 0) is 10.4 Å². The molecule has 0 amide bonds. The lowest BCUT2D eigenvalue weighted by atomic mass is 10.3. The van der Waals surface area contributed by atoms with E-state index in [1.54, 1.807) is 0 Å². The Morgan fingerprint density at radius 2 is 1.69 bits per heavy atom. The molecule has 0 aliphatic rings. The molecule has 0 unspecified atom stereocenters. The van der Waals surface area contributed by atoms with Crippen LogP contribution in [0.2, 0.25) is 0 Å². The number of benzene rings is 1. The van der Waals surface area contributed by atoms with Gasteiger partial charge in [-0.15, -0.1) is 0 Å². The summed E-state index contributed by atoms with van der Waals surface area (Å²) in [5.74, 6) is -0.656. The molecule has 0 saturated heterocycles. The average molecular weight is 218 g/mol. The van der Waals surface area contributed by atoms with Crippen LogP contribution in [-0.4, -0.2) is 36.0 Å². The molecule has 13 heavy (non-hydrogen) atoms. The van der Waals surface area contributed by atoms with Gasteiger partial charge < -0.3 is 4.18 Å². The minimum Gasteiger partial charge on any atom is -0.362 e. The van der Waals surface area contributed by atoms with E-state index in [-0.39, 0.29) is 28.8 Å². The van der Waals surface area contributed by atoms with E-state index < -0.39 is 16.2 Å². The maximum absolute atomic E-state index is 12.3. The van der Waals surface area contributed by atoms with Gasteiger partial charge >= 0.3 is 33.5 Å². The van der Waals surface area contributed by atoms with Gasteiger partial charge in [0.1, 0.15) is 11.6 Å². The standard InChI is InChI=1S/C6H5FO4S.Mg.2H/c7-5-1-3-6(4-2-5)11-12(8,9)10;;;/h1-4H,(H,8,9,10);;;. The molecule has 0 radical (unpaired) electrons. The second-order valence-electron chi connectivity index (χ2n) is 1.96.